The normalized spacial score (nSPS) is 10.6. The van der Waals surface area contributed by atoms with Crippen molar-refractivity contribution < 1.29 is 9.59 Å². The fraction of sp³-hybridized carbons (Fsp3) is 0.200. The summed E-state index contributed by atoms with van der Waals surface area (Å²) in [5.74, 6) is 0.178. The van der Waals surface area contributed by atoms with Gasteiger partial charge in [-0.2, -0.15) is 0 Å². The van der Waals surface area contributed by atoms with Crippen LogP contribution in [0, 0.1) is 6.92 Å². The van der Waals surface area contributed by atoms with E-state index in [1.807, 2.05) is 31.2 Å². The molecular formula is C25H25NO2. The van der Waals surface area contributed by atoms with Crippen LogP contribution in [-0.2, 0) is 12.8 Å². The van der Waals surface area contributed by atoms with Crippen molar-refractivity contribution in [1.82, 2.24) is 0 Å². The van der Waals surface area contributed by atoms with Crippen molar-refractivity contribution in [3.63, 3.8) is 0 Å². The third-order valence-corrected chi connectivity index (χ3v) is 4.91. The molecule has 3 aromatic rings. The number of nitrogens with two attached hydrogens (primary N) is 1. The monoisotopic (exact) mass is 371 g/mol. The first-order chi connectivity index (χ1) is 13.5. The first-order valence-electron chi connectivity index (χ1n) is 9.58. The molecule has 0 saturated carbocycles. The Labute approximate surface area is 166 Å². The zero-order valence-electron chi connectivity index (χ0n) is 16.2. The molecule has 0 atom stereocenters. The molecule has 0 aliphatic heterocycles. The Bertz CT molecular complexity index is 859. The molecule has 3 aromatic carbocycles. The molecule has 0 spiro atoms. The molecule has 28 heavy (non-hydrogen) atoms. The van der Waals surface area contributed by atoms with Gasteiger partial charge in [0.1, 0.15) is 0 Å². The van der Waals surface area contributed by atoms with Gasteiger partial charge in [-0.25, -0.2) is 0 Å². The van der Waals surface area contributed by atoms with Gasteiger partial charge in [0, 0.05) is 29.7 Å². The van der Waals surface area contributed by atoms with E-state index in [2.05, 4.69) is 24.3 Å². The molecule has 3 rings (SSSR count). The predicted octanol–water partition coefficient (Wildman–Crippen LogP) is 5.21. The predicted molar refractivity (Wildman–Crippen MR) is 114 cm³/mol. The number of aryl methyl sites for hydroxylation is 3. The molecule has 0 bridgehead atoms. The summed E-state index contributed by atoms with van der Waals surface area (Å²) in [6.45, 7) is 2.05. The number of nitrogen functional groups attached to an aromatic ring is 1. The van der Waals surface area contributed by atoms with E-state index in [9.17, 15) is 9.59 Å². The van der Waals surface area contributed by atoms with Crippen molar-refractivity contribution in [3.8, 4) is 0 Å². The molecule has 0 aliphatic rings. The smallest absolute Gasteiger partial charge is 0.163 e. The molecule has 0 fully saturated rings. The van der Waals surface area contributed by atoms with Crippen LogP contribution in [0.3, 0.4) is 0 Å². The van der Waals surface area contributed by atoms with Gasteiger partial charge in [0.25, 0.3) is 0 Å². The quantitative estimate of drug-likeness (QED) is 0.437. The fourth-order valence-electron chi connectivity index (χ4n) is 3.09. The summed E-state index contributed by atoms with van der Waals surface area (Å²) in [6.07, 6.45) is 2.30. The number of rotatable bonds is 8. The van der Waals surface area contributed by atoms with Gasteiger partial charge in [-0.15, -0.1) is 0 Å². The van der Waals surface area contributed by atoms with Crippen molar-refractivity contribution in [3.05, 3.63) is 101 Å². The van der Waals surface area contributed by atoms with Crippen molar-refractivity contribution in [2.45, 2.75) is 32.6 Å². The Balaban J connectivity index is 1.53. The van der Waals surface area contributed by atoms with E-state index in [1.54, 1.807) is 24.3 Å². The Morgan fingerprint density at radius 1 is 0.643 bits per heavy atom. The SMILES string of the molecule is Cc1ccc(CCC(=O)c2ccc(C(=O)CCc3ccc(N)cc3)cc2)cc1. The van der Waals surface area contributed by atoms with E-state index in [0.29, 0.717) is 30.4 Å². The van der Waals surface area contributed by atoms with Crippen LogP contribution in [0.5, 0.6) is 0 Å². The molecule has 0 amide bonds. The molecule has 0 unspecified atom stereocenters. The minimum Gasteiger partial charge on any atom is -0.399 e. The van der Waals surface area contributed by atoms with Crippen LogP contribution in [0.2, 0.25) is 0 Å². The van der Waals surface area contributed by atoms with Gasteiger partial charge < -0.3 is 5.73 Å². The largest absolute Gasteiger partial charge is 0.399 e. The molecule has 0 heterocycles. The van der Waals surface area contributed by atoms with Crippen LogP contribution < -0.4 is 5.73 Å². The van der Waals surface area contributed by atoms with Crippen LogP contribution in [0.15, 0.2) is 72.8 Å². The standard InChI is InChI=1S/C25H25NO2/c1-18-2-4-19(5-3-18)8-16-24(27)21-10-12-22(13-11-21)25(28)17-9-20-6-14-23(26)15-7-20/h2-7,10-15H,8-9,16-17,26H2,1H3. The van der Waals surface area contributed by atoms with Gasteiger partial charge in [-0.05, 0) is 43.0 Å². The number of benzene rings is 3. The number of hydrogen-bond acceptors (Lipinski definition) is 3. The molecule has 2 N–H and O–H groups in total. The summed E-state index contributed by atoms with van der Waals surface area (Å²) < 4.78 is 0. The van der Waals surface area contributed by atoms with Crippen LogP contribution in [-0.4, -0.2) is 11.6 Å². The number of Topliss-reactive ketones (excluding diaryl/α,β-unsaturated/α-hetero) is 2. The maximum atomic E-state index is 12.4. The van der Waals surface area contributed by atoms with Gasteiger partial charge in [0.15, 0.2) is 11.6 Å². The summed E-state index contributed by atoms with van der Waals surface area (Å²) in [7, 11) is 0. The van der Waals surface area contributed by atoms with Crippen LogP contribution in [0.4, 0.5) is 5.69 Å². The minimum atomic E-state index is 0.0791. The fourth-order valence-corrected chi connectivity index (χ4v) is 3.09. The maximum Gasteiger partial charge on any atom is 0.163 e. The second kappa shape index (κ2) is 9.14. The molecule has 0 aliphatic carbocycles. The summed E-state index contributed by atoms with van der Waals surface area (Å²) in [5, 5.41) is 0. The maximum absolute atomic E-state index is 12.4. The Morgan fingerprint density at radius 2 is 1.04 bits per heavy atom. The average Bonchev–Trinajstić information content (AvgIpc) is 2.72. The minimum absolute atomic E-state index is 0.0791. The van der Waals surface area contributed by atoms with E-state index >= 15 is 0 Å². The van der Waals surface area contributed by atoms with Gasteiger partial charge >= 0.3 is 0 Å². The summed E-state index contributed by atoms with van der Waals surface area (Å²) in [4.78, 5) is 24.8. The van der Waals surface area contributed by atoms with E-state index < -0.39 is 0 Å². The highest BCUT2D eigenvalue weighted by molar-refractivity contribution is 5.99. The summed E-state index contributed by atoms with van der Waals surface area (Å²) in [6, 6.07) is 22.8. The van der Waals surface area contributed by atoms with E-state index in [4.69, 9.17) is 5.73 Å². The number of ketones is 2. The Hall–Kier alpha value is -3.20. The van der Waals surface area contributed by atoms with Gasteiger partial charge in [-0.1, -0.05) is 66.2 Å². The third-order valence-electron chi connectivity index (χ3n) is 4.91. The second-order valence-electron chi connectivity index (χ2n) is 7.15. The molecule has 3 heteroatoms. The van der Waals surface area contributed by atoms with Crippen LogP contribution in [0.25, 0.3) is 0 Å². The topological polar surface area (TPSA) is 60.2 Å². The molecule has 3 nitrogen and oxygen atoms in total. The lowest BCUT2D eigenvalue weighted by atomic mass is 9.98. The zero-order chi connectivity index (χ0) is 19.9. The highest BCUT2D eigenvalue weighted by atomic mass is 16.1. The molecule has 0 saturated heterocycles. The molecular weight excluding hydrogens is 346 g/mol. The van der Waals surface area contributed by atoms with Crippen molar-refractivity contribution in [1.29, 1.82) is 0 Å². The van der Waals surface area contributed by atoms with Crippen molar-refractivity contribution in [2.24, 2.45) is 0 Å². The summed E-state index contributed by atoms with van der Waals surface area (Å²) >= 11 is 0. The lowest BCUT2D eigenvalue weighted by Crippen LogP contribution is -2.04. The molecule has 142 valence electrons. The van der Waals surface area contributed by atoms with Crippen molar-refractivity contribution >= 4 is 17.3 Å². The lowest BCUT2D eigenvalue weighted by molar-refractivity contribution is 0.0971. The first kappa shape index (κ1) is 19.6. The lowest BCUT2D eigenvalue weighted by Gasteiger charge is -2.05. The molecule has 0 aromatic heterocycles. The zero-order valence-corrected chi connectivity index (χ0v) is 16.2. The van der Waals surface area contributed by atoms with E-state index in [0.717, 1.165) is 23.2 Å². The Morgan fingerprint density at radius 3 is 1.46 bits per heavy atom. The van der Waals surface area contributed by atoms with E-state index in [-0.39, 0.29) is 11.6 Å². The summed E-state index contributed by atoms with van der Waals surface area (Å²) in [5.41, 5.74) is 11.2. The van der Waals surface area contributed by atoms with Gasteiger partial charge in [0.2, 0.25) is 0 Å². The number of carbonyl (C=O) groups excluding carboxylic acids is 2. The number of anilines is 1. The van der Waals surface area contributed by atoms with E-state index in [1.165, 1.54) is 5.56 Å². The highest BCUT2D eigenvalue weighted by Crippen LogP contribution is 2.14. The number of carbonyl (C=O) groups is 2. The van der Waals surface area contributed by atoms with Gasteiger partial charge in [-0.3, -0.25) is 9.59 Å². The Kier molecular flexibility index (Phi) is 6.38. The number of hydrogen-bond donors (Lipinski definition) is 1. The molecule has 0 radical (unpaired) electrons. The second-order valence-corrected chi connectivity index (χ2v) is 7.15. The van der Waals surface area contributed by atoms with Crippen LogP contribution in [0.1, 0.15) is 50.2 Å². The van der Waals surface area contributed by atoms with Crippen LogP contribution >= 0.6 is 0 Å². The first-order valence-corrected chi connectivity index (χ1v) is 9.58. The van der Waals surface area contributed by atoms with Gasteiger partial charge in [0.05, 0.1) is 0 Å². The third kappa shape index (κ3) is 5.40. The highest BCUT2D eigenvalue weighted by Gasteiger charge is 2.10. The average molecular weight is 371 g/mol. The van der Waals surface area contributed by atoms with Crippen molar-refractivity contribution in [2.75, 3.05) is 5.73 Å².